The lowest BCUT2D eigenvalue weighted by molar-refractivity contribution is -0.145. The number of aromatic nitrogens is 2. The van der Waals surface area contributed by atoms with Crippen molar-refractivity contribution in [1.29, 1.82) is 0 Å². The number of hydrogen-bond donors (Lipinski definition) is 2. The summed E-state index contributed by atoms with van der Waals surface area (Å²) in [7, 11) is -2.75. The number of rotatable bonds is 8. The van der Waals surface area contributed by atoms with Crippen molar-refractivity contribution < 1.29 is 27.7 Å². The van der Waals surface area contributed by atoms with E-state index in [9.17, 15) is 23.3 Å². The van der Waals surface area contributed by atoms with E-state index in [1.165, 1.54) is 13.1 Å². The van der Waals surface area contributed by atoms with Crippen LogP contribution in [0.2, 0.25) is 0 Å². The third-order valence-electron chi connectivity index (χ3n) is 3.69. The number of nitrogens with zero attached hydrogens (tertiary/aromatic N) is 1. The number of alkyl halides is 1. The molecule has 1 aromatic heterocycles. The van der Waals surface area contributed by atoms with Gasteiger partial charge in [0.25, 0.3) is 13.7 Å². The van der Waals surface area contributed by atoms with E-state index in [-0.39, 0.29) is 31.2 Å². The summed E-state index contributed by atoms with van der Waals surface area (Å²) in [5, 5.41) is 2.39. The summed E-state index contributed by atoms with van der Waals surface area (Å²) >= 11 is 0. The van der Waals surface area contributed by atoms with Crippen LogP contribution in [0.25, 0.3) is 0 Å². The van der Waals surface area contributed by atoms with E-state index < -0.39 is 43.9 Å². The van der Waals surface area contributed by atoms with Gasteiger partial charge in [0.15, 0.2) is 6.23 Å². The van der Waals surface area contributed by atoms with Gasteiger partial charge in [0.1, 0.15) is 12.7 Å². The molecule has 2 heterocycles. The smallest absolute Gasteiger partial charge is 0.330 e. The SMILES string of the molecule is Cc1cn(C2OC(CO[PH](=O)NCC(=O)OC(C)C)CC2F)c(=O)[nH]c1=O. The molecule has 12 heteroatoms. The molecule has 0 spiro atoms. The Morgan fingerprint density at radius 1 is 1.52 bits per heavy atom. The third-order valence-corrected chi connectivity index (χ3v) is 4.59. The lowest BCUT2D eigenvalue weighted by Gasteiger charge is -2.17. The molecule has 0 aliphatic carbocycles. The molecule has 1 aliphatic heterocycles. The van der Waals surface area contributed by atoms with Gasteiger partial charge in [-0.15, -0.1) is 0 Å². The van der Waals surface area contributed by atoms with Crippen LogP contribution in [0.15, 0.2) is 15.8 Å². The zero-order valence-electron chi connectivity index (χ0n) is 15.2. The summed E-state index contributed by atoms with van der Waals surface area (Å²) in [6.07, 6.45) is -2.57. The van der Waals surface area contributed by atoms with Crippen LogP contribution in [0.3, 0.4) is 0 Å². The maximum absolute atomic E-state index is 14.3. The van der Waals surface area contributed by atoms with Crippen molar-refractivity contribution in [2.45, 2.75) is 51.8 Å². The number of halogens is 1. The molecule has 1 aliphatic rings. The monoisotopic (exact) mass is 407 g/mol. The number of aromatic amines is 1. The number of ether oxygens (including phenoxy) is 2. The first-order valence-electron chi connectivity index (χ1n) is 8.39. The van der Waals surface area contributed by atoms with Gasteiger partial charge in [0.2, 0.25) is 0 Å². The molecule has 1 saturated heterocycles. The second kappa shape index (κ2) is 9.41. The van der Waals surface area contributed by atoms with Crippen LogP contribution in [0, 0.1) is 6.92 Å². The van der Waals surface area contributed by atoms with Crippen LogP contribution in [0.5, 0.6) is 0 Å². The van der Waals surface area contributed by atoms with E-state index in [2.05, 4.69) is 10.1 Å². The number of hydrogen-bond acceptors (Lipinski definition) is 7. The Balaban J connectivity index is 1.85. The van der Waals surface area contributed by atoms with Crippen LogP contribution < -0.4 is 16.3 Å². The number of carbonyl (C=O) groups is 1. The minimum atomic E-state index is -2.75. The Morgan fingerprint density at radius 3 is 2.89 bits per heavy atom. The maximum Gasteiger partial charge on any atom is 0.330 e. The van der Waals surface area contributed by atoms with E-state index in [1.807, 2.05) is 0 Å². The van der Waals surface area contributed by atoms with Gasteiger partial charge in [-0.05, 0) is 20.8 Å². The highest BCUT2D eigenvalue weighted by Crippen LogP contribution is 2.32. The molecule has 152 valence electrons. The summed E-state index contributed by atoms with van der Waals surface area (Å²) in [6.45, 7) is 4.40. The Morgan fingerprint density at radius 2 is 2.22 bits per heavy atom. The molecule has 1 aromatic rings. The minimum Gasteiger partial charge on any atom is -0.462 e. The number of carbonyl (C=O) groups excluding carboxylic acids is 1. The largest absolute Gasteiger partial charge is 0.462 e. The Kier molecular flexibility index (Phi) is 7.49. The molecule has 2 rings (SSSR count). The molecular formula is C15H23FN3O7P. The van der Waals surface area contributed by atoms with Crippen molar-refractivity contribution in [3.63, 3.8) is 0 Å². The molecule has 1 fully saturated rings. The van der Waals surface area contributed by atoms with Crippen molar-refractivity contribution in [3.05, 3.63) is 32.6 Å². The molecule has 4 unspecified atom stereocenters. The molecule has 10 nitrogen and oxygen atoms in total. The second-order valence-electron chi connectivity index (χ2n) is 6.37. The summed E-state index contributed by atoms with van der Waals surface area (Å²) in [5.74, 6) is -0.569. The quantitative estimate of drug-likeness (QED) is 0.469. The van der Waals surface area contributed by atoms with Gasteiger partial charge in [0.05, 0.1) is 18.8 Å². The topological polar surface area (TPSA) is 129 Å². The van der Waals surface area contributed by atoms with E-state index in [0.717, 1.165) is 4.57 Å². The van der Waals surface area contributed by atoms with E-state index in [0.29, 0.717) is 0 Å². The van der Waals surface area contributed by atoms with E-state index in [1.54, 1.807) is 13.8 Å². The summed E-state index contributed by atoms with van der Waals surface area (Å²) in [5.41, 5.74) is -1.09. The average Bonchev–Trinajstić information content (AvgIpc) is 2.94. The third kappa shape index (κ3) is 6.10. The van der Waals surface area contributed by atoms with Gasteiger partial charge in [0, 0.05) is 18.2 Å². The average molecular weight is 407 g/mol. The standard InChI is InChI=1S/C15H23FN3O7P/c1-8(2)25-12(20)5-17-27(23)24-7-10-4-11(16)14(26-10)19-6-9(3)13(21)18-15(19)22/h6,8,10-11,14,27H,4-5,7H2,1-3H3,(H,17,23)(H,18,21,22). The first-order chi connectivity index (χ1) is 12.7. The minimum absolute atomic E-state index is 0.0696. The number of nitrogens with one attached hydrogen (secondary N) is 2. The molecule has 0 aromatic carbocycles. The molecule has 4 atom stereocenters. The molecule has 0 radical (unpaired) electrons. The Bertz CT molecular complexity index is 809. The van der Waals surface area contributed by atoms with Crippen LogP contribution >= 0.6 is 8.18 Å². The van der Waals surface area contributed by atoms with E-state index in [4.69, 9.17) is 14.0 Å². The number of esters is 1. The van der Waals surface area contributed by atoms with Crippen LogP contribution in [0.4, 0.5) is 4.39 Å². The molecule has 0 saturated carbocycles. The first-order valence-corrected chi connectivity index (χ1v) is 9.70. The van der Waals surface area contributed by atoms with Crippen molar-refractivity contribution in [3.8, 4) is 0 Å². The zero-order chi connectivity index (χ0) is 20.1. The normalized spacial score (nSPS) is 23.5. The maximum atomic E-state index is 14.3. The fraction of sp³-hybridized carbons (Fsp3) is 0.667. The van der Waals surface area contributed by atoms with Gasteiger partial charge in [-0.2, -0.15) is 0 Å². The van der Waals surface area contributed by atoms with Crippen molar-refractivity contribution in [1.82, 2.24) is 14.6 Å². The van der Waals surface area contributed by atoms with Crippen LogP contribution in [0.1, 0.15) is 32.1 Å². The highest BCUT2D eigenvalue weighted by molar-refractivity contribution is 7.36. The van der Waals surface area contributed by atoms with Gasteiger partial charge in [-0.3, -0.25) is 23.7 Å². The number of aryl methyl sites for hydroxylation is 1. The van der Waals surface area contributed by atoms with Crippen LogP contribution in [-0.4, -0.2) is 47.1 Å². The predicted molar refractivity (Wildman–Crippen MR) is 93.7 cm³/mol. The number of H-pyrrole nitrogens is 1. The fourth-order valence-corrected chi connectivity index (χ4v) is 3.22. The van der Waals surface area contributed by atoms with Crippen molar-refractivity contribution in [2.75, 3.05) is 13.2 Å². The Labute approximate surface area is 154 Å². The Hall–Kier alpha value is -1.81. The van der Waals surface area contributed by atoms with Gasteiger partial charge in [-0.25, -0.2) is 14.3 Å². The highest BCUT2D eigenvalue weighted by Gasteiger charge is 2.37. The fourth-order valence-electron chi connectivity index (χ4n) is 2.50. The molecular weight excluding hydrogens is 384 g/mol. The second-order valence-corrected chi connectivity index (χ2v) is 7.59. The lowest BCUT2D eigenvalue weighted by atomic mass is 10.2. The van der Waals surface area contributed by atoms with E-state index >= 15 is 0 Å². The molecule has 2 N–H and O–H groups in total. The molecule has 0 bridgehead atoms. The first kappa shape index (κ1) is 21.5. The van der Waals surface area contributed by atoms with Crippen LogP contribution in [-0.2, 0) is 23.4 Å². The summed E-state index contributed by atoms with van der Waals surface area (Å²) in [6, 6.07) is 0. The van der Waals surface area contributed by atoms with Gasteiger partial charge < -0.3 is 14.0 Å². The molecule has 0 amide bonds. The predicted octanol–water partition coefficient (Wildman–Crippen LogP) is 0.418. The zero-order valence-corrected chi connectivity index (χ0v) is 16.2. The van der Waals surface area contributed by atoms with Gasteiger partial charge in [-0.1, -0.05) is 0 Å². The highest BCUT2D eigenvalue weighted by atomic mass is 31.1. The lowest BCUT2D eigenvalue weighted by Crippen LogP contribution is -2.35. The van der Waals surface area contributed by atoms with Crippen molar-refractivity contribution >= 4 is 14.1 Å². The summed E-state index contributed by atoms with van der Waals surface area (Å²) < 4.78 is 42.4. The molecule has 27 heavy (non-hydrogen) atoms. The van der Waals surface area contributed by atoms with Crippen molar-refractivity contribution in [2.24, 2.45) is 0 Å². The van der Waals surface area contributed by atoms with Gasteiger partial charge >= 0.3 is 11.7 Å². The summed E-state index contributed by atoms with van der Waals surface area (Å²) in [4.78, 5) is 36.7.